The number of nitrogens with zero attached hydrogens (tertiary/aromatic N) is 1. The zero-order valence-electron chi connectivity index (χ0n) is 36.4. The van der Waals surface area contributed by atoms with Crippen LogP contribution in [-0.2, 0) is 59.1 Å². The molecule has 23 heteroatoms. The maximum absolute atomic E-state index is 13.7. The Kier molecular flexibility index (Phi) is 23.3. The molecule has 63 heavy (non-hydrogen) atoms. The molecule has 23 nitrogen and oxygen atoms in total. The van der Waals surface area contributed by atoms with E-state index < -0.39 is 121 Å². The summed E-state index contributed by atoms with van der Waals surface area (Å²) >= 11 is 0. The van der Waals surface area contributed by atoms with Crippen LogP contribution in [0.25, 0.3) is 0 Å². The molecule has 1 aromatic rings. The number of aromatic amines is 1. The van der Waals surface area contributed by atoms with Gasteiger partial charge in [0.05, 0.1) is 12.6 Å². The van der Waals surface area contributed by atoms with Crippen molar-refractivity contribution in [3.63, 3.8) is 0 Å². The lowest BCUT2D eigenvalue weighted by atomic mass is 10.0. The third-order valence-electron chi connectivity index (χ3n) is 9.91. The number of aromatic nitrogens is 2. The number of rotatable bonds is 25. The van der Waals surface area contributed by atoms with Crippen LogP contribution in [0.3, 0.4) is 0 Å². The number of imidazole rings is 1. The van der Waals surface area contributed by atoms with Gasteiger partial charge in [0.1, 0.15) is 48.7 Å². The first-order valence-electron chi connectivity index (χ1n) is 21.2. The van der Waals surface area contributed by atoms with Crippen LogP contribution in [0.2, 0.25) is 0 Å². The van der Waals surface area contributed by atoms with Gasteiger partial charge in [0.25, 0.3) is 0 Å². The van der Waals surface area contributed by atoms with Crippen molar-refractivity contribution in [2.75, 3.05) is 13.2 Å². The van der Waals surface area contributed by atoms with E-state index in [1.807, 2.05) is 0 Å². The van der Waals surface area contributed by atoms with Crippen LogP contribution in [0.1, 0.15) is 111 Å². The van der Waals surface area contributed by atoms with Crippen LogP contribution in [0.5, 0.6) is 0 Å². The summed E-state index contributed by atoms with van der Waals surface area (Å²) in [6.45, 7) is 5.39. The Balaban J connectivity index is 2.12. The molecule has 0 bridgehead atoms. The zero-order valence-corrected chi connectivity index (χ0v) is 36.4. The Hall–Kier alpha value is -6.13. The van der Waals surface area contributed by atoms with Crippen molar-refractivity contribution >= 4 is 59.1 Å². The number of aliphatic hydroxyl groups is 1. The lowest BCUT2D eigenvalue weighted by Crippen LogP contribution is -2.59. The minimum Gasteiger partial charge on any atom is -0.461 e. The lowest BCUT2D eigenvalue weighted by molar-refractivity contribution is -0.150. The van der Waals surface area contributed by atoms with E-state index in [1.54, 1.807) is 0 Å². The van der Waals surface area contributed by atoms with Gasteiger partial charge in [-0.1, -0.05) is 52.4 Å². The third kappa shape index (κ3) is 21.0. The maximum Gasteiger partial charge on any atom is 0.328 e. The third-order valence-corrected chi connectivity index (χ3v) is 9.91. The highest BCUT2D eigenvalue weighted by molar-refractivity contribution is 5.97. The van der Waals surface area contributed by atoms with Crippen LogP contribution in [0, 0.1) is 5.92 Å². The van der Waals surface area contributed by atoms with Crippen molar-refractivity contribution in [2.45, 2.75) is 154 Å². The normalized spacial score (nSPS) is 19.8. The molecule has 0 unspecified atom stereocenters. The highest BCUT2D eigenvalue weighted by Crippen LogP contribution is 2.13. The van der Waals surface area contributed by atoms with Crippen molar-refractivity contribution in [2.24, 2.45) is 17.4 Å². The molecule has 0 aromatic carbocycles. The highest BCUT2D eigenvalue weighted by Gasteiger charge is 2.35. The van der Waals surface area contributed by atoms with Crippen molar-refractivity contribution in [1.82, 2.24) is 47.2 Å². The number of esters is 1. The summed E-state index contributed by atoms with van der Waals surface area (Å²) in [6, 6.07) is -8.90. The number of primary amides is 2. The number of H-pyrrole nitrogens is 1. The molecule has 0 saturated carbocycles. The Bertz CT molecular complexity index is 1720. The molecule has 1 aliphatic heterocycles. The monoisotopic (exact) mass is 891 g/mol. The number of carbonyl (C=O) groups is 10. The number of hydrogen-bond acceptors (Lipinski definition) is 13. The van der Waals surface area contributed by atoms with Gasteiger partial charge in [-0.2, -0.15) is 0 Å². The van der Waals surface area contributed by atoms with Gasteiger partial charge in [0, 0.05) is 38.1 Å². The molecule has 13 N–H and O–H groups in total. The molecule has 0 spiro atoms. The van der Waals surface area contributed by atoms with E-state index in [4.69, 9.17) is 16.2 Å². The molecule has 0 aliphatic carbocycles. The Morgan fingerprint density at radius 1 is 0.762 bits per heavy atom. The molecule has 7 atom stereocenters. The second-order valence-corrected chi connectivity index (χ2v) is 16.0. The van der Waals surface area contributed by atoms with Crippen LogP contribution in [-0.4, -0.2) is 130 Å². The van der Waals surface area contributed by atoms with Crippen molar-refractivity contribution in [1.29, 1.82) is 0 Å². The number of amides is 9. The first kappa shape index (κ1) is 53.0. The number of aliphatic hydroxyl groups excluding tert-OH is 1. The van der Waals surface area contributed by atoms with Gasteiger partial charge in [0.15, 0.2) is 0 Å². The van der Waals surface area contributed by atoms with E-state index >= 15 is 0 Å². The Labute approximate surface area is 365 Å². The predicted molar refractivity (Wildman–Crippen MR) is 224 cm³/mol. The number of nitrogens with one attached hydrogen (secondary N) is 8. The van der Waals surface area contributed by atoms with Crippen LogP contribution < -0.4 is 48.7 Å². The number of ether oxygens (including phenoxy) is 1. The smallest absolute Gasteiger partial charge is 0.328 e. The average Bonchev–Trinajstić information content (AvgIpc) is 3.73. The molecule has 2 heterocycles. The molecule has 0 radical (unpaired) electrons. The summed E-state index contributed by atoms with van der Waals surface area (Å²) in [4.78, 5) is 136. The molecular weight excluding hydrogens is 827 g/mol. The van der Waals surface area contributed by atoms with Gasteiger partial charge in [-0.3, -0.25) is 43.2 Å². The van der Waals surface area contributed by atoms with E-state index in [1.165, 1.54) is 39.1 Å². The molecule has 352 valence electrons. The van der Waals surface area contributed by atoms with Gasteiger partial charge in [-0.15, -0.1) is 0 Å². The van der Waals surface area contributed by atoms with Gasteiger partial charge in [0.2, 0.25) is 53.2 Å². The first-order valence-corrected chi connectivity index (χ1v) is 21.2. The molecule has 1 saturated heterocycles. The largest absolute Gasteiger partial charge is 0.461 e. The summed E-state index contributed by atoms with van der Waals surface area (Å²) in [5.74, 6) is -7.92. The topological polar surface area (TPSA) is 365 Å². The summed E-state index contributed by atoms with van der Waals surface area (Å²) in [5, 5.41) is 27.0. The molecule has 1 aromatic heterocycles. The summed E-state index contributed by atoms with van der Waals surface area (Å²) in [5.41, 5.74) is 10.5. The Morgan fingerprint density at radius 2 is 1.35 bits per heavy atom. The van der Waals surface area contributed by atoms with Gasteiger partial charge < -0.3 is 63.5 Å². The fourth-order valence-corrected chi connectivity index (χ4v) is 6.30. The fourth-order valence-electron chi connectivity index (χ4n) is 6.30. The predicted octanol–water partition coefficient (Wildman–Crippen LogP) is -2.76. The number of unbranched alkanes of at least 4 members (excludes halogenated alkanes) is 5. The maximum atomic E-state index is 13.7. The molecule has 2 rings (SSSR count). The van der Waals surface area contributed by atoms with Crippen LogP contribution >= 0.6 is 0 Å². The second kappa shape index (κ2) is 27.7. The number of cyclic esters (lactones) is 1. The lowest BCUT2D eigenvalue weighted by Gasteiger charge is -2.25. The molecular formula is C40H65N11O12. The van der Waals surface area contributed by atoms with E-state index in [0.29, 0.717) is 12.3 Å². The Morgan fingerprint density at radius 3 is 1.95 bits per heavy atom. The standard InChI is InChI=1S/C40H65N11O12/c1-22(2)11-9-7-5-6-8-10-12-32(55)51-34(24(4)52)39(61)45-20-33(56)46-23(3)35(57)50-28-21-63-40(62)26(14-16-30(42)54)48-36(58)25(13-15-29(41)53)47-37(59)27(49-38(28)60)19-31-43-17-18-44-31/h17-18,22-28,34,52H,5-16,19-21H2,1-4H3,(H2,41,53)(H2,42,54)(H,43,44)(H,45,61)(H,46,56)(H,47,59)(H,48,58)(H,49,60)(H,50,57)(H,51,55)/t23-,24+,25+,26-,27+,28+,34-/m0/s1. The van der Waals surface area contributed by atoms with E-state index in [0.717, 1.165) is 25.7 Å². The van der Waals surface area contributed by atoms with Gasteiger partial charge in [-0.05, 0) is 39.0 Å². The minimum absolute atomic E-state index is 0.150. The minimum atomic E-state index is -1.71. The number of carbonyl (C=O) groups excluding carboxylic acids is 10. The van der Waals surface area contributed by atoms with Crippen LogP contribution in [0.15, 0.2) is 12.4 Å². The fraction of sp³-hybridized carbons (Fsp3) is 0.675. The van der Waals surface area contributed by atoms with E-state index in [2.05, 4.69) is 61.0 Å². The summed E-state index contributed by atoms with van der Waals surface area (Å²) in [6.07, 6.45) is 6.97. The molecule has 1 fully saturated rings. The van der Waals surface area contributed by atoms with Gasteiger partial charge >= 0.3 is 5.97 Å². The highest BCUT2D eigenvalue weighted by atomic mass is 16.5. The van der Waals surface area contributed by atoms with Gasteiger partial charge in [-0.25, -0.2) is 9.78 Å². The zero-order chi connectivity index (χ0) is 47.1. The number of nitrogens with two attached hydrogens (primary N) is 2. The second-order valence-electron chi connectivity index (χ2n) is 16.0. The van der Waals surface area contributed by atoms with E-state index in [9.17, 15) is 53.1 Å². The average molecular weight is 892 g/mol. The summed E-state index contributed by atoms with van der Waals surface area (Å²) in [7, 11) is 0. The summed E-state index contributed by atoms with van der Waals surface area (Å²) < 4.78 is 5.32. The van der Waals surface area contributed by atoms with Crippen molar-refractivity contribution < 1.29 is 57.8 Å². The SMILES string of the molecule is CC(C)CCCCCCCCC(=O)N[C@H](C(=O)NCC(=O)N[C@@H](C)C(=O)N[C@@H]1COC(=O)[C@H](CCC(N)=O)NC(=O)[C@@H](CCC(N)=O)NC(=O)[C@@H](Cc2ncc[nH]2)NC1=O)[C@@H](C)O. The quantitative estimate of drug-likeness (QED) is 0.0351. The molecule has 1 aliphatic rings. The van der Waals surface area contributed by atoms with Crippen molar-refractivity contribution in [3.05, 3.63) is 18.2 Å². The molecule has 9 amide bonds. The van der Waals surface area contributed by atoms with Crippen LogP contribution in [0.4, 0.5) is 0 Å². The van der Waals surface area contributed by atoms with Crippen molar-refractivity contribution in [3.8, 4) is 0 Å². The number of hydrogen-bond donors (Lipinski definition) is 11. The van der Waals surface area contributed by atoms with E-state index in [-0.39, 0.29) is 37.9 Å². The first-order chi connectivity index (χ1) is 29.8.